The van der Waals surface area contributed by atoms with Crippen LogP contribution in [0.4, 0.5) is 15.9 Å². The number of nitrogens with zero attached hydrogens (tertiary/aromatic N) is 4. The van der Waals surface area contributed by atoms with Crippen LogP contribution in [0.15, 0.2) is 42.6 Å². The molecule has 3 rings (SSSR count). The second-order valence-electron chi connectivity index (χ2n) is 7.19. The topological polar surface area (TPSA) is 100 Å². The van der Waals surface area contributed by atoms with Crippen LogP contribution < -0.4 is 10.2 Å². The summed E-state index contributed by atoms with van der Waals surface area (Å²) >= 11 is 0. The molecule has 0 aliphatic rings. The number of aromatic carboxylic acids is 1. The summed E-state index contributed by atoms with van der Waals surface area (Å²) in [5.41, 5.74) is 1.77. The molecule has 2 heterocycles. The maximum absolute atomic E-state index is 13.8. The van der Waals surface area contributed by atoms with Gasteiger partial charge in [-0.15, -0.1) is 0 Å². The highest BCUT2D eigenvalue weighted by Gasteiger charge is 2.19. The van der Waals surface area contributed by atoms with Crippen molar-refractivity contribution in [2.75, 3.05) is 17.3 Å². The number of halogens is 1. The lowest BCUT2D eigenvalue weighted by Crippen LogP contribution is -2.23. The van der Waals surface area contributed by atoms with E-state index >= 15 is 0 Å². The van der Waals surface area contributed by atoms with Crippen LogP contribution in [0.1, 0.15) is 45.4 Å². The van der Waals surface area contributed by atoms with Gasteiger partial charge in [-0.3, -0.25) is 9.48 Å². The molecule has 0 aliphatic carbocycles. The molecule has 0 aliphatic heterocycles. The van der Waals surface area contributed by atoms with Crippen molar-refractivity contribution in [1.82, 2.24) is 14.8 Å². The van der Waals surface area contributed by atoms with Crippen LogP contribution in [0.2, 0.25) is 0 Å². The van der Waals surface area contributed by atoms with Crippen LogP contribution in [0, 0.1) is 12.7 Å². The number of pyridine rings is 1. The van der Waals surface area contributed by atoms with Crippen LogP contribution in [0.25, 0.3) is 0 Å². The summed E-state index contributed by atoms with van der Waals surface area (Å²) in [6, 6.07) is 8.82. The molecule has 0 unspecified atom stereocenters. The Balaban J connectivity index is 1.84. The Bertz CT molecular complexity index is 1110. The third kappa shape index (κ3) is 5.06. The number of anilines is 2. The van der Waals surface area contributed by atoms with Gasteiger partial charge >= 0.3 is 5.97 Å². The number of carboxylic acid groups (broad SMARTS) is 1. The molecule has 0 saturated heterocycles. The fraction of sp³-hybridized carbons (Fsp3) is 0.273. The summed E-state index contributed by atoms with van der Waals surface area (Å²) in [7, 11) is 1.74. The molecule has 162 valence electrons. The normalized spacial score (nSPS) is 10.7. The number of hydrogen-bond donors (Lipinski definition) is 2. The van der Waals surface area contributed by atoms with Gasteiger partial charge in [0.15, 0.2) is 0 Å². The van der Waals surface area contributed by atoms with E-state index in [1.54, 1.807) is 18.0 Å². The van der Waals surface area contributed by atoms with Gasteiger partial charge in [-0.2, -0.15) is 5.10 Å². The highest BCUT2D eigenvalue weighted by molar-refractivity contribution is 6.05. The number of carboxylic acids is 1. The first-order valence-corrected chi connectivity index (χ1v) is 9.83. The smallest absolute Gasteiger partial charge is 0.339 e. The average Bonchev–Trinajstić information content (AvgIpc) is 3.07. The largest absolute Gasteiger partial charge is 0.478 e. The summed E-state index contributed by atoms with van der Waals surface area (Å²) in [4.78, 5) is 30.2. The van der Waals surface area contributed by atoms with E-state index < -0.39 is 17.7 Å². The van der Waals surface area contributed by atoms with E-state index in [1.807, 2.05) is 17.7 Å². The van der Waals surface area contributed by atoms with Gasteiger partial charge in [-0.1, -0.05) is 19.1 Å². The fourth-order valence-electron chi connectivity index (χ4n) is 3.28. The minimum absolute atomic E-state index is 0.0767. The highest BCUT2D eigenvalue weighted by atomic mass is 19.1. The minimum atomic E-state index is -1.19. The molecular formula is C22H24FN5O3. The van der Waals surface area contributed by atoms with Gasteiger partial charge in [0.2, 0.25) is 0 Å². The Morgan fingerprint density at radius 1 is 1.23 bits per heavy atom. The predicted molar refractivity (Wildman–Crippen MR) is 115 cm³/mol. The van der Waals surface area contributed by atoms with Gasteiger partial charge in [0.1, 0.15) is 17.2 Å². The molecule has 0 spiro atoms. The van der Waals surface area contributed by atoms with Gasteiger partial charge in [0, 0.05) is 13.6 Å². The number of aryl methyl sites for hydroxylation is 2. The molecule has 1 amide bonds. The number of rotatable bonds is 8. The van der Waals surface area contributed by atoms with Gasteiger partial charge < -0.3 is 15.3 Å². The third-order valence-electron chi connectivity index (χ3n) is 4.66. The summed E-state index contributed by atoms with van der Waals surface area (Å²) in [6.07, 6.45) is 2.28. The lowest BCUT2D eigenvalue weighted by Gasteiger charge is -2.21. The zero-order valence-corrected chi connectivity index (χ0v) is 17.6. The first kappa shape index (κ1) is 21.9. The molecule has 0 radical (unpaired) electrons. The zero-order chi connectivity index (χ0) is 22.5. The van der Waals surface area contributed by atoms with Crippen molar-refractivity contribution >= 4 is 23.4 Å². The Labute approximate surface area is 179 Å². The summed E-state index contributed by atoms with van der Waals surface area (Å²) in [5.74, 6) is -2.29. The lowest BCUT2D eigenvalue weighted by molar-refractivity contribution is 0.0696. The number of carbonyl (C=O) groups excluding carboxylic acids is 1. The molecular weight excluding hydrogens is 401 g/mol. The number of carbonyl (C=O) groups is 2. The second kappa shape index (κ2) is 9.38. The van der Waals surface area contributed by atoms with Crippen molar-refractivity contribution < 1.29 is 19.1 Å². The fourth-order valence-corrected chi connectivity index (χ4v) is 3.28. The maximum atomic E-state index is 13.8. The minimum Gasteiger partial charge on any atom is -0.478 e. The van der Waals surface area contributed by atoms with E-state index in [0.29, 0.717) is 6.54 Å². The van der Waals surface area contributed by atoms with Crippen molar-refractivity contribution in [2.24, 2.45) is 0 Å². The monoisotopic (exact) mass is 425 g/mol. The highest BCUT2D eigenvalue weighted by Crippen LogP contribution is 2.23. The number of nitrogens with one attached hydrogen (secondary N) is 1. The van der Waals surface area contributed by atoms with Gasteiger partial charge in [-0.05, 0) is 37.6 Å². The summed E-state index contributed by atoms with van der Waals surface area (Å²) in [5, 5.41) is 16.7. The van der Waals surface area contributed by atoms with Crippen molar-refractivity contribution in [3.63, 3.8) is 0 Å². The Morgan fingerprint density at radius 2 is 1.97 bits per heavy atom. The Hall–Kier alpha value is -3.75. The van der Waals surface area contributed by atoms with Crippen molar-refractivity contribution in [3.8, 4) is 0 Å². The molecule has 31 heavy (non-hydrogen) atoms. The van der Waals surface area contributed by atoms with Crippen LogP contribution in [0.5, 0.6) is 0 Å². The van der Waals surface area contributed by atoms with Gasteiger partial charge in [0.25, 0.3) is 5.91 Å². The molecule has 2 N–H and O–H groups in total. The number of aromatic nitrogens is 3. The molecule has 0 fully saturated rings. The quantitative estimate of drug-likeness (QED) is 0.571. The van der Waals surface area contributed by atoms with Crippen molar-refractivity contribution in [1.29, 1.82) is 0 Å². The van der Waals surface area contributed by atoms with Crippen LogP contribution >= 0.6 is 0 Å². The second-order valence-corrected chi connectivity index (χ2v) is 7.19. The van der Waals surface area contributed by atoms with Crippen LogP contribution in [-0.2, 0) is 13.1 Å². The number of amides is 1. The molecule has 0 saturated carbocycles. The van der Waals surface area contributed by atoms with Gasteiger partial charge in [0.05, 0.1) is 35.4 Å². The maximum Gasteiger partial charge on any atom is 0.339 e. The van der Waals surface area contributed by atoms with Crippen LogP contribution in [-0.4, -0.2) is 38.8 Å². The predicted octanol–water partition coefficient (Wildman–Crippen LogP) is 3.72. The zero-order valence-electron chi connectivity index (χ0n) is 17.6. The molecule has 3 aromatic rings. The molecule has 0 bridgehead atoms. The average molecular weight is 425 g/mol. The molecule has 0 atom stereocenters. The molecule has 8 nitrogen and oxygen atoms in total. The first-order valence-electron chi connectivity index (χ1n) is 9.83. The van der Waals surface area contributed by atoms with Crippen LogP contribution in [0.3, 0.4) is 0 Å². The van der Waals surface area contributed by atoms with E-state index in [2.05, 4.69) is 22.3 Å². The summed E-state index contributed by atoms with van der Waals surface area (Å²) < 4.78 is 15.7. The first-order chi connectivity index (χ1) is 14.8. The Morgan fingerprint density at radius 3 is 2.65 bits per heavy atom. The van der Waals surface area contributed by atoms with Crippen molar-refractivity contribution in [3.05, 3.63) is 70.9 Å². The molecule has 1 aromatic carbocycles. The lowest BCUT2D eigenvalue weighted by atomic mass is 10.2. The van der Waals surface area contributed by atoms with E-state index in [0.717, 1.165) is 24.4 Å². The number of benzene rings is 1. The van der Waals surface area contributed by atoms with E-state index in [-0.39, 0.29) is 22.6 Å². The van der Waals surface area contributed by atoms with E-state index in [4.69, 9.17) is 0 Å². The van der Waals surface area contributed by atoms with Gasteiger partial charge in [-0.25, -0.2) is 14.2 Å². The molecule has 9 heteroatoms. The van der Waals surface area contributed by atoms with E-state index in [9.17, 15) is 19.1 Å². The SMILES string of the molecule is CCCn1nc(C)cc1CN(C)c1ncc(NC(=O)c2ccccc2F)cc1C(=O)O. The summed E-state index contributed by atoms with van der Waals surface area (Å²) in [6.45, 7) is 5.14. The number of hydrogen-bond acceptors (Lipinski definition) is 5. The van der Waals surface area contributed by atoms with E-state index in [1.165, 1.54) is 30.5 Å². The third-order valence-corrected chi connectivity index (χ3v) is 4.66. The van der Waals surface area contributed by atoms with Crippen molar-refractivity contribution in [2.45, 2.75) is 33.4 Å². The molecule has 2 aromatic heterocycles. The Kier molecular flexibility index (Phi) is 6.64. The standard InChI is InChI=1S/C22H24FN5O3/c1-4-9-28-16(10-14(2)26-28)13-27(3)20-18(22(30)31)11-15(12-24-20)25-21(29)17-7-5-6-8-19(17)23/h5-8,10-12H,4,9,13H2,1-3H3,(H,25,29)(H,30,31).